The molecule has 2 heteroatoms. The molecule has 0 spiro atoms. The second-order valence-electron chi connectivity index (χ2n) is 2.87. The Hall–Kier alpha value is 0.130. The summed E-state index contributed by atoms with van der Waals surface area (Å²) in [4.78, 5) is 0. The first-order valence-electron chi connectivity index (χ1n) is 3.12. The fourth-order valence-corrected chi connectivity index (χ4v) is 0.250. The molecule has 0 nitrogen and oxygen atoms in total. The maximum atomic E-state index is 2.30. The molecule has 0 unspecified atom stereocenters. The highest BCUT2D eigenvalue weighted by Gasteiger charge is 2.10. The first kappa shape index (κ1) is 7.13. The van der Waals surface area contributed by atoms with Gasteiger partial charge in [-0.05, 0) is 0 Å². The zero-order valence-corrected chi connectivity index (χ0v) is 5.91. The Balaban J connectivity index is 3.36. The van der Waals surface area contributed by atoms with Crippen molar-refractivity contribution in [1.29, 1.82) is 0 Å². The van der Waals surface area contributed by atoms with Crippen molar-refractivity contribution < 1.29 is 0 Å². The quantitative estimate of drug-likeness (QED) is 0.441. The second kappa shape index (κ2) is 2.44. The highest BCUT2D eigenvalue weighted by Crippen LogP contribution is 2.24. The summed E-state index contributed by atoms with van der Waals surface area (Å²) in [5.74, 6) is 0. The fraction of sp³-hybridized carbons (Fsp3) is 1.00. The van der Waals surface area contributed by atoms with Crippen LogP contribution in [0, 0.1) is 0 Å². The van der Waals surface area contributed by atoms with E-state index in [1.165, 1.54) is 13.6 Å². The lowest BCUT2D eigenvalue weighted by Gasteiger charge is -2.17. The molecule has 0 aliphatic heterocycles. The van der Waals surface area contributed by atoms with Crippen molar-refractivity contribution in [2.24, 2.45) is 0 Å². The predicted molar refractivity (Wildman–Crippen MR) is 40.0 cm³/mol. The van der Waals surface area contributed by atoms with Crippen molar-refractivity contribution in [3.63, 3.8) is 0 Å². The van der Waals surface area contributed by atoms with Crippen LogP contribution in [0.25, 0.3) is 0 Å². The van der Waals surface area contributed by atoms with Gasteiger partial charge in [0.25, 0.3) is 0 Å². The normalized spacial score (nSPS) is 11.3. The van der Waals surface area contributed by atoms with Crippen LogP contribution < -0.4 is 0 Å². The van der Waals surface area contributed by atoms with Crippen LogP contribution in [0.2, 0.25) is 5.31 Å². The molecular formula is C5H14B2. The van der Waals surface area contributed by atoms with Gasteiger partial charge >= 0.3 is 0 Å². The molecule has 0 radical (unpaired) electrons. The third kappa shape index (κ3) is 2.78. The molecule has 0 heterocycles. The fourth-order valence-electron chi connectivity index (χ4n) is 0.250. The smallest absolute Gasteiger partial charge is 0.0682 e. The molecule has 0 saturated carbocycles. The summed E-state index contributed by atoms with van der Waals surface area (Å²) in [5, 5.41) is 0.583. The zero-order valence-electron chi connectivity index (χ0n) is 5.91. The van der Waals surface area contributed by atoms with Crippen molar-refractivity contribution in [1.82, 2.24) is 0 Å². The predicted octanol–water partition coefficient (Wildman–Crippen LogP) is 0.579. The van der Waals surface area contributed by atoms with Gasteiger partial charge in [0.15, 0.2) is 0 Å². The van der Waals surface area contributed by atoms with Crippen LogP contribution in [-0.4, -0.2) is 14.9 Å². The van der Waals surface area contributed by atoms with Crippen molar-refractivity contribution in [3.05, 3.63) is 0 Å². The molecule has 0 fully saturated rings. The summed E-state index contributed by atoms with van der Waals surface area (Å²) >= 11 is 0. The van der Waals surface area contributed by atoms with Gasteiger partial charge in [-0.3, -0.25) is 0 Å². The average Bonchev–Trinajstić information content (AvgIpc) is 1.68. The summed E-state index contributed by atoms with van der Waals surface area (Å²) in [5.41, 5.74) is 0. The summed E-state index contributed by atoms with van der Waals surface area (Å²) in [7, 11) is 3.53. The van der Waals surface area contributed by atoms with Gasteiger partial charge < -0.3 is 0 Å². The summed E-state index contributed by atoms with van der Waals surface area (Å²) in [6.07, 6.45) is 1.30. The molecule has 7 heavy (non-hydrogen) atoms. The van der Waals surface area contributed by atoms with E-state index in [4.69, 9.17) is 0 Å². The van der Waals surface area contributed by atoms with E-state index in [1.54, 1.807) is 0 Å². The molecule has 0 amide bonds. The number of hydrogen-bond acceptors (Lipinski definition) is 0. The van der Waals surface area contributed by atoms with Gasteiger partial charge in [-0.15, -0.1) is 0 Å². The van der Waals surface area contributed by atoms with Crippen LogP contribution >= 0.6 is 0 Å². The van der Waals surface area contributed by atoms with E-state index >= 15 is 0 Å². The van der Waals surface area contributed by atoms with E-state index in [0.717, 1.165) is 0 Å². The number of hydrogen-bond donors (Lipinski definition) is 0. The maximum Gasteiger partial charge on any atom is 0.0893 e. The molecule has 40 valence electrons. The molecule has 0 N–H and O–H groups in total. The van der Waals surface area contributed by atoms with E-state index in [2.05, 4.69) is 28.5 Å². The summed E-state index contributed by atoms with van der Waals surface area (Å²) < 4.78 is 0. The topological polar surface area (TPSA) is 0 Å². The SMILES string of the molecule is BBC(C)(C)CC. The Morgan fingerprint density at radius 1 is 1.57 bits per heavy atom. The van der Waals surface area contributed by atoms with Gasteiger partial charge in [-0.25, -0.2) is 0 Å². The molecule has 0 saturated heterocycles. The molecule has 0 aromatic heterocycles. The van der Waals surface area contributed by atoms with Gasteiger partial charge in [-0.2, -0.15) is 0 Å². The molecule has 0 aromatic carbocycles. The van der Waals surface area contributed by atoms with Crippen LogP contribution in [0.4, 0.5) is 0 Å². The Morgan fingerprint density at radius 3 is 2.00 bits per heavy atom. The van der Waals surface area contributed by atoms with Crippen LogP contribution in [-0.2, 0) is 0 Å². The van der Waals surface area contributed by atoms with Crippen LogP contribution in [0.1, 0.15) is 27.2 Å². The molecule has 0 bridgehead atoms. The van der Waals surface area contributed by atoms with Crippen molar-refractivity contribution in [3.8, 4) is 0 Å². The Kier molecular flexibility index (Phi) is 2.49. The Bertz CT molecular complexity index is 44.0. The van der Waals surface area contributed by atoms with Gasteiger partial charge in [0, 0.05) is 0 Å². The van der Waals surface area contributed by atoms with Crippen LogP contribution in [0.15, 0.2) is 0 Å². The lowest BCUT2D eigenvalue weighted by molar-refractivity contribution is 0.651. The van der Waals surface area contributed by atoms with Crippen molar-refractivity contribution >= 4 is 14.9 Å². The minimum absolute atomic E-state index is 0.583. The van der Waals surface area contributed by atoms with Crippen LogP contribution in [0.3, 0.4) is 0 Å². The monoisotopic (exact) mass is 96.1 g/mol. The maximum absolute atomic E-state index is 2.30. The third-order valence-corrected chi connectivity index (χ3v) is 1.91. The summed E-state index contributed by atoms with van der Waals surface area (Å²) in [6.45, 7) is 6.84. The Labute approximate surface area is 48.3 Å². The molecular weight excluding hydrogens is 81.7 g/mol. The van der Waals surface area contributed by atoms with E-state index < -0.39 is 0 Å². The van der Waals surface area contributed by atoms with Gasteiger partial charge in [-0.1, -0.05) is 32.5 Å². The largest absolute Gasteiger partial charge is 0.0893 e. The minimum atomic E-state index is 0.583. The van der Waals surface area contributed by atoms with E-state index in [9.17, 15) is 0 Å². The van der Waals surface area contributed by atoms with Crippen molar-refractivity contribution in [2.45, 2.75) is 32.5 Å². The van der Waals surface area contributed by atoms with E-state index in [-0.39, 0.29) is 0 Å². The van der Waals surface area contributed by atoms with Gasteiger partial charge in [0.05, 0.1) is 14.9 Å². The molecule has 0 atom stereocenters. The lowest BCUT2D eigenvalue weighted by atomic mass is 9.40. The second-order valence-corrected chi connectivity index (χ2v) is 2.87. The summed E-state index contributed by atoms with van der Waals surface area (Å²) in [6, 6.07) is 0. The minimum Gasteiger partial charge on any atom is -0.0682 e. The molecule has 0 rings (SSSR count). The standard InChI is InChI=1S/C5H14B2/c1-4-5(2,3)7-6/h7H,4,6H2,1-3H3. The first-order chi connectivity index (χ1) is 3.12. The molecule has 0 aliphatic rings. The lowest BCUT2D eigenvalue weighted by Crippen LogP contribution is -2.10. The first-order valence-corrected chi connectivity index (χ1v) is 3.12. The zero-order chi connectivity index (χ0) is 5.91. The van der Waals surface area contributed by atoms with Gasteiger partial charge in [0.2, 0.25) is 0 Å². The molecule has 0 aliphatic carbocycles. The number of rotatable bonds is 2. The van der Waals surface area contributed by atoms with Crippen LogP contribution in [0.5, 0.6) is 0 Å². The van der Waals surface area contributed by atoms with E-state index in [0.29, 0.717) is 5.31 Å². The Morgan fingerprint density at radius 2 is 2.00 bits per heavy atom. The average molecular weight is 95.8 g/mol. The molecule has 0 aromatic rings. The third-order valence-electron chi connectivity index (χ3n) is 1.91. The van der Waals surface area contributed by atoms with E-state index in [1.807, 2.05) is 0 Å². The highest BCUT2D eigenvalue weighted by atomic mass is 14.0. The highest BCUT2D eigenvalue weighted by molar-refractivity contribution is 6.91. The van der Waals surface area contributed by atoms with Gasteiger partial charge in [0.1, 0.15) is 0 Å². The van der Waals surface area contributed by atoms with Crippen molar-refractivity contribution in [2.75, 3.05) is 0 Å².